The van der Waals surface area contributed by atoms with Gasteiger partial charge in [0, 0.05) is 9.50 Å². The highest BCUT2D eigenvalue weighted by Gasteiger charge is 2.14. The van der Waals surface area contributed by atoms with E-state index in [0.717, 1.165) is 4.47 Å². The number of hydrogen-bond donors (Lipinski definition) is 2. The second-order valence-electron chi connectivity index (χ2n) is 3.96. The zero-order valence-corrected chi connectivity index (χ0v) is 12.8. The highest BCUT2D eigenvalue weighted by molar-refractivity contribution is 9.10. The Kier molecular flexibility index (Phi) is 4.52. The van der Waals surface area contributed by atoms with Crippen LogP contribution >= 0.6 is 27.5 Å². The molecule has 20 heavy (non-hydrogen) atoms. The van der Waals surface area contributed by atoms with E-state index in [-0.39, 0.29) is 11.4 Å². The molecule has 2 aromatic carbocycles. The third kappa shape index (κ3) is 3.23. The number of carbonyl (C=O) groups is 1. The minimum atomic E-state index is -0.402. The van der Waals surface area contributed by atoms with Gasteiger partial charge in [-0.15, -0.1) is 0 Å². The fourth-order valence-corrected chi connectivity index (χ4v) is 2.19. The van der Waals surface area contributed by atoms with Crippen LogP contribution in [0.3, 0.4) is 0 Å². The Morgan fingerprint density at radius 2 is 2.05 bits per heavy atom. The van der Waals surface area contributed by atoms with Crippen LogP contribution in [0.2, 0.25) is 5.02 Å². The zero-order chi connectivity index (χ0) is 14.7. The molecule has 0 spiro atoms. The molecule has 0 aromatic heterocycles. The molecule has 4 nitrogen and oxygen atoms in total. The summed E-state index contributed by atoms with van der Waals surface area (Å²) in [6.07, 6.45) is 0. The first-order valence-corrected chi connectivity index (χ1v) is 6.82. The molecule has 0 heterocycles. The van der Waals surface area contributed by atoms with Gasteiger partial charge in [-0.05, 0) is 36.4 Å². The number of anilines is 1. The molecular weight excluding hydrogens is 346 g/mol. The van der Waals surface area contributed by atoms with Gasteiger partial charge in [0.25, 0.3) is 5.91 Å². The van der Waals surface area contributed by atoms with Gasteiger partial charge in [-0.3, -0.25) is 4.79 Å². The fraction of sp³-hybridized carbons (Fsp3) is 0.0714. The van der Waals surface area contributed by atoms with E-state index in [1.54, 1.807) is 18.2 Å². The Balaban J connectivity index is 2.32. The van der Waals surface area contributed by atoms with E-state index in [2.05, 4.69) is 21.2 Å². The lowest BCUT2D eigenvalue weighted by atomic mass is 10.2. The highest BCUT2D eigenvalue weighted by atomic mass is 79.9. The van der Waals surface area contributed by atoms with Crippen molar-refractivity contribution >= 4 is 39.1 Å². The second kappa shape index (κ2) is 6.15. The smallest absolute Gasteiger partial charge is 0.259 e. The summed E-state index contributed by atoms with van der Waals surface area (Å²) in [5, 5.41) is 12.7. The second-order valence-corrected chi connectivity index (χ2v) is 5.31. The molecule has 6 heteroatoms. The molecule has 0 aliphatic carbocycles. The van der Waals surface area contributed by atoms with Crippen molar-refractivity contribution in [3.63, 3.8) is 0 Å². The Morgan fingerprint density at radius 3 is 2.75 bits per heavy atom. The Bertz CT molecular complexity index is 661. The molecule has 0 unspecified atom stereocenters. The van der Waals surface area contributed by atoms with E-state index in [1.807, 2.05) is 0 Å². The Hall–Kier alpha value is -1.72. The number of rotatable bonds is 3. The normalized spacial score (nSPS) is 10.2. The maximum atomic E-state index is 12.2. The van der Waals surface area contributed by atoms with Gasteiger partial charge >= 0.3 is 0 Å². The van der Waals surface area contributed by atoms with Crippen molar-refractivity contribution in [2.75, 3.05) is 12.4 Å². The van der Waals surface area contributed by atoms with Crippen molar-refractivity contribution in [3.8, 4) is 11.5 Å². The number of aromatic hydroxyl groups is 1. The van der Waals surface area contributed by atoms with Crippen LogP contribution in [-0.2, 0) is 0 Å². The number of amides is 1. The summed E-state index contributed by atoms with van der Waals surface area (Å²) in [6, 6.07) is 9.50. The van der Waals surface area contributed by atoms with Crippen LogP contribution < -0.4 is 10.1 Å². The van der Waals surface area contributed by atoms with Crippen LogP contribution in [0.15, 0.2) is 40.9 Å². The summed E-state index contributed by atoms with van der Waals surface area (Å²) in [5.74, 6) is -0.0235. The van der Waals surface area contributed by atoms with Gasteiger partial charge in [0.05, 0.1) is 18.4 Å². The van der Waals surface area contributed by atoms with Crippen LogP contribution in [0.1, 0.15) is 10.4 Å². The maximum absolute atomic E-state index is 12.2. The fourth-order valence-electron chi connectivity index (χ4n) is 1.66. The molecule has 1 amide bonds. The first kappa shape index (κ1) is 14.7. The van der Waals surface area contributed by atoms with Gasteiger partial charge in [-0.1, -0.05) is 27.5 Å². The van der Waals surface area contributed by atoms with Crippen molar-refractivity contribution in [3.05, 3.63) is 51.5 Å². The number of phenols is 1. The molecule has 2 rings (SSSR count). The molecule has 0 aliphatic rings. The monoisotopic (exact) mass is 355 g/mol. The quantitative estimate of drug-likeness (QED) is 0.815. The SMILES string of the molecule is COc1ccc(Br)cc1C(=O)Nc1cc(Cl)ccc1O. The zero-order valence-electron chi connectivity index (χ0n) is 10.5. The number of carbonyl (C=O) groups excluding carboxylic acids is 1. The molecule has 0 saturated heterocycles. The third-order valence-corrected chi connectivity index (χ3v) is 3.34. The molecule has 2 N–H and O–H groups in total. The molecule has 2 aromatic rings. The summed E-state index contributed by atoms with van der Waals surface area (Å²) in [4.78, 5) is 12.2. The van der Waals surface area contributed by atoms with Crippen molar-refractivity contribution in [2.45, 2.75) is 0 Å². The standard InChI is InChI=1S/C14H11BrClNO3/c1-20-13-5-2-8(15)6-10(13)14(19)17-11-7-9(16)3-4-12(11)18/h2-7,18H,1H3,(H,17,19). The van der Waals surface area contributed by atoms with E-state index in [9.17, 15) is 9.90 Å². The maximum Gasteiger partial charge on any atom is 0.259 e. The van der Waals surface area contributed by atoms with E-state index >= 15 is 0 Å². The number of hydrogen-bond acceptors (Lipinski definition) is 3. The lowest BCUT2D eigenvalue weighted by Crippen LogP contribution is -2.13. The van der Waals surface area contributed by atoms with Crippen LogP contribution in [0.25, 0.3) is 0 Å². The summed E-state index contributed by atoms with van der Waals surface area (Å²) in [5.41, 5.74) is 0.589. The van der Waals surface area contributed by atoms with Gasteiger partial charge in [-0.2, -0.15) is 0 Å². The van der Waals surface area contributed by atoms with Gasteiger partial charge in [0.1, 0.15) is 11.5 Å². The summed E-state index contributed by atoms with van der Waals surface area (Å²) >= 11 is 9.13. The molecule has 0 saturated carbocycles. The van der Waals surface area contributed by atoms with E-state index in [1.165, 1.54) is 25.3 Å². The number of benzene rings is 2. The third-order valence-electron chi connectivity index (χ3n) is 2.61. The van der Waals surface area contributed by atoms with E-state index in [4.69, 9.17) is 16.3 Å². The average molecular weight is 357 g/mol. The van der Waals surface area contributed by atoms with Crippen LogP contribution in [-0.4, -0.2) is 18.1 Å². The summed E-state index contributed by atoms with van der Waals surface area (Å²) < 4.78 is 5.89. The Labute approximate surface area is 129 Å². The largest absolute Gasteiger partial charge is 0.506 e. The number of methoxy groups -OCH3 is 1. The predicted molar refractivity (Wildman–Crippen MR) is 81.8 cm³/mol. The van der Waals surface area contributed by atoms with Gasteiger partial charge in [0.15, 0.2) is 0 Å². The molecular formula is C14H11BrClNO3. The molecule has 0 fully saturated rings. The van der Waals surface area contributed by atoms with Crippen LogP contribution in [0.4, 0.5) is 5.69 Å². The first-order chi connectivity index (χ1) is 9.51. The van der Waals surface area contributed by atoms with E-state index in [0.29, 0.717) is 16.3 Å². The summed E-state index contributed by atoms with van der Waals surface area (Å²) in [6.45, 7) is 0. The molecule has 0 bridgehead atoms. The highest BCUT2D eigenvalue weighted by Crippen LogP contribution is 2.29. The van der Waals surface area contributed by atoms with Crippen molar-refractivity contribution in [1.82, 2.24) is 0 Å². The lowest BCUT2D eigenvalue weighted by molar-refractivity contribution is 0.102. The average Bonchev–Trinajstić information content (AvgIpc) is 2.42. The topological polar surface area (TPSA) is 58.6 Å². The molecule has 0 radical (unpaired) electrons. The van der Waals surface area contributed by atoms with Gasteiger partial charge in [-0.25, -0.2) is 0 Å². The molecule has 0 atom stereocenters. The molecule has 104 valence electrons. The number of nitrogens with one attached hydrogen (secondary N) is 1. The number of phenolic OH excluding ortho intramolecular Hbond substituents is 1. The van der Waals surface area contributed by atoms with Crippen molar-refractivity contribution < 1.29 is 14.6 Å². The van der Waals surface area contributed by atoms with Crippen molar-refractivity contribution in [2.24, 2.45) is 0 Å². The Morgan fingerprint density at radius 1 is 1.30 bits per heavy atom. The van der Waals surface area contributed by atoms with Crippen LogP contribution in [0, 0.1) is 0 Å². The van der Waals surface area contributed by atoms with Crippen molar-refractivity contribution in [1.29, 1.82) is 0 Å². The summed E-state index contributed by atoms with van der Waals surface area (Å²) in [7, 11) is 1.48. The minimum absolute atomic E-state index is 0.0586. The number of ether oxygens (including phenoxy) is 1. The minimum Gasteiger partial charge on any atom is -0.506 e. The predicted octanol–water partition coefficient (Wildman–Crippen LogP) is 4.07. The molecule has 0 aliphatic heterocycles. The van der Waals surface area contributed by atoms with Crippen LogP contribution in [0.5, 0.6) is 11.5 Å². The van der Waals surface area contributed by atoms with Gasteiger partial charge < -0.3 is 15.2 Å². The van der Waals surface area contributed by atoms with E-state index < -0.39 is 5.91 Å². The lowest BCUT2D eigenvalue weighted by Gasteiger charge is -2.11. The van der Waals surface area contributed by atoms with Gasteiger partial charge in [0.2, 0.25) is 0 Å². The number of halogens is 2. The first-order valence-electron chi connectivity index (χ1n) is 5.64.